The molecule has 114 valence electrons. The first-order valence-electron chi connectivity index (χ1n) is 7.22. The van der Waals surface area contributed by atoms with E-state index in [-0.39, 0.29) is 18.3 Å². The predicted molar refractivity (Wildman–Crippen MR) is 83.2 cm³/mol. The lowest BCUT2D eigenvalue weighted by atomic mass is 9.85. The van der Waals surface area contributed by atoms with Crippen molar-refractivity contribution in [1.29, 1.82) is 0 Å². The van der Waals surface area contributed by atoms with E-state index in [1.807, 2.05) is 17.8 Å². The van der Waals surface area contributed by atoms with Gasteiger partial charge in [-0.1, -0.05) is 6.92 Å². The Bertz CT molecular complexity index is 415. The molecule has 1 saturated heterocycles. The van der Waals surface area contributed by atoms with Crippen molar-refractivity contribution in [2.24, 2.45) is 11.8 Å². The average Bonchev–Trinajstić information content (AvgIpc) is 2.87. The molecule has 0 aliphatic carbocycles. The van der Waals surface area contributed by atoms with Crippen molar-refractivity contribution in [3.05, 3.63) is 12.4 Å². The van der Waals surface area contributed by atoms with Crippen LogP contribution in [0.3, 0.4) is 0 Å². The van der Waals surface area contributed by atoms with E-state index in [0.717, 1.165) is 25.3 Å². The Kier molecular flexibility index (Phi) is 7.02. The molecule has 1 aliphatic rings. The summed E-state index contributed by atoms with van der Waals surface area (Å²) in [4.78, 5) is 12.0. The van der Waals surface area contributed by atoms with E-state index in [4.69, 9.17) is 0 Å². The molecule has 0 saturated carbocycles. The fraction of sp³-hybridized carbons (Fsp3) is 0.714. The summed E-state index contributed by atoms with van der Waals surface area (Å²) in [6, 6.07) is 0. The van der Waals surface area contributed by atoms with Crippen LogP contribution in [-0.2, 0) is 11.3 Å². The summed E-state index contributed by atoms with van der Waals surface area (Å²) in [5.41, 5.74) is 0.792. The molecule has 5 nitrogen and oxygen atoms in total. The Morgan fingerprint density at radius 3 is 3.05 bits per heavy atom. The maximum atomic E-state index is 12.0. The van der Waals surface area contributed by atoms with E-state index in [1.54, 1.807) is 6.20 Å². The van der Waals surface area contributed by atoms with E-state index in [2.05, 4.69) is 22.7 Å². The summed E-state index contributed by atoms with van der Waals surface area (Å²) in [6.07, 6.45) is 6.61. The molecule has 1 fully saturated rings. The van der Waals surface area contributed by atoms with Crippen LogP contribution in [0.25, 0.3) is 0 Å². The topological polar surface area (TPSA) is 59.0 Å². The van der Waals surface area contributed by atoms with Gasteiger partial charge in [-0.15, -0.1) is 12.4 Å². The van der Waals surface area contributed by atoms with Crippen LogP contribution >= 0.6 is 12.4 Å². The van der Waals surface area contributed by atoms with Crippen LogP contribution in [0.1, 0.15) is 33.1 Å². The maximum Gasteiger partial charge on any atom is 0.224 e. The summed E-state index contributed by atoms with van der Waals surface area (Å²) < 4.78 is 1.81. The number of halogens is 1. The lowest BCUT2D eigenvalue weighted by molar-refractivity contribution is -0.117. The summed E-state index contributed by atoms with van der Waals surface area (Å²) in [5, 5.41) is 10.5. The fourth-order valence-electron chi connectivity index (χ4n) is 2.64. The third kappa shape index (κ3) is 4.80. The van der Waals surface area contributed by atoms with Crippen LogP contribution in [0.15, 0.2) is 12.4 Å². The highest BCUT2D eigenvalue weighted by atomic mass is 35.5. The summed E-state index contributed by atoms with van der Waals surface area (Å²) >= 11 is 0. The minimum Gasteiger partial charge on any atom is -0.323 e. The number of aryl methyl sites for hydroxylation is 1. The van der Waals surface area contributed by atoms with Crippen LogP contribution in [-0.4, -0.2) is 28.8 Å². The van der Waals surface area contributed by atoms with Crippen molar-refractivity contribution in [3.8, 4) is 0 Å². The molecular formula is C14H25ClN4O. The molecule has 2 heterocycles. The van der Waals surface area contributed by atoms with Gasteiger partial charge in [0, 0.05) is 19.2 Å². The monoisotopic (exact) mass is 300 g/mol. The van der Waals surface area contributed by atoms with E-state index < -0.39 is 0 Å². The zero-order valence-corrected chi connectivity index (χ0v) is 13.1. The van der Waals surface area contributed by atoms with Gasteiger partial charge in [0.15, 0.2) is 0 Å². The average molecular weight is 301 g/mol. The van der Waals surface area contributed by atoms with E-state index in [1.165, 1.54) is 12.8 Å². The van der Waals surface area contributed by atoms with Crippen molar-refractivity contribution in [1.82, 2.24) is 15.1 Å². The molecule has 2 unspecified atom stereocenters. The summed E-state index contributed by atoms with van der Waals surface area (Å²) in [5.74, 6) is 1.14. The number of carbonyl (C=O) groups is 1. The van der Waals surface area contributed by atoms with E-state index in [0.29, 0.717) is 18.3 Å². The van der Waals surface area contributed by atoms with Crippen molar-refractivity contribution in [2.75, 3.05) is 18.4 Å². The molecular weight excluding hydrogens is 276 g/mol. The zero-order chi connectivity index (χ0) is 13.7. The van der Waals surface area contributed by atoms with E-state index >= 15 is 0 Å². The molecule has 0 aromatic carbocycles. The van der Waals surface area contributed by atoms with Crippen molar-refractivity contribution in [2.45, 2.75) is 39.7 Å². The highest BCUT2D eigenvalue weighted by Gasteiger charge is 2.22. The minimum absolute atomic E-state index is 0. The molecule has 0 radical (unpaired) electrons. The van der Waals surface area contributed by atoms with Gasteiger partial charge in [-0.25, -0.2) is 0 Å². The first-order valence-corrected chi connectivity index (χ1v) is 7.22. The highest BCUT2D eigenvalue weighted by molar-refractivity contribution is 5.90. The number of amides is 1. The van der Waals surface area contributed by atoms with Crippen LogP contribution in [0.4, 0.5) is 5.69 Å². The highest BCUT2D eigenvalue weighted by Crippen LogP contribution is 2.22. The molecule has 2 atom stereocenters. The van der Waals surface area contributed by atoms with Crippen LogP contribution in [0.5, 0.6) is 0 Å². The normalized spacial score (nSPS) is 20.0. The first-order chi connectivity index (χ1) is 9.19. The number of carbonyl (C=O) groups excluding carboxylic acids is 1. The molecule has 0 bridgehead atoms. The SMILES string of the molecule is CCn1cc(NC(=O)CC(C)C2CCCNC2)cn1.Cl. The first kappa shape index (κ1) is 17.0. The summed E-state index contributed by atoms with van der Waals surface area (Å²) in [6.45, 7) is 7.18. The second-order valence-corrected chi connectivity index (χ2v) is 5.42. The number of anilines is 1. The largest absolute Gasteiger partial charge is 0.323 e. The molecule has 0 spiro atoms. The molecule has 20 heavy (non-hydrogen) atoms. The number of hydrogen-bond donors (Lipinski definition) is 2. The number of rotatable bonds is 5. The second kappa shape index (κ2) is 8.27. The van der Waals surface area contributed by atoms with Crippen LogP contribution in [0, 0.1) is 11.8 Å². The van der Waals surface area contributed by atoms with Gasteiger partial charge in [-0.05, 0) is 44.7 Å². The molecule has 1 aliphatic heterocycles. The van der Waals surface area contributed by atoms with Gasteiger partial charge in [0.25, 0.3) is 0 Å². The number of piperidine rings is 1. The quantitative estimate of drug-likeness (QED) is 0.877. The molecule has 1 amide bonds. The molecule has 1 aromatic heterocycles. The van der Waals surface area contributed by atoms with Crippen LogP contribution in [0.2, 0.25) is 0 Å². The lowest BCUT2D eigenvalue weighted by Gasteiger charge is -2.27. The van der Waals surface area contributed by atoms with Crippen molar-refractivity contribution in [3.63, 3.8) is 0 Å². The Hall–Kier alpha value is -1.07. The molecule has 2 N–H and O–H groups in total. The van der Waals surface area contributed by atoms with Crippen LogP contribution < -0.4 is 10.6 Å². The molecule has 1 aromatic rings. The lowest BCUT2D eigenvalue weighted by Crippen LogP contribution is -2.34. The number of hydrogen-bond acceptors (Lipinski definition) is 3. The third-order valence-corrected chi connectivity index (χ3v) is 3.89. The Labute approximate surface area is 126 Å². The minimum atomic E-state index is 0. The van der Waals surface area contributed by atoms with E-state index in [9.17, 15) is 4.79 Å². The van der Waals surface area contributed by atoms with Gasteiger partial charge in [0.2, 0.25) is 5.91 Å². The van der Waals surface area contributed by atoms with Gasteiger partial charge in [-0.3, -0.25) is 9.48 Å². The van der Waals surface area contributed by atoms with Gasteiger partial charge < -0.3 is 10.6 Å². The maximum absolute atomic E-state index is 12.0. The molecule has 2 rings (SSSR count). The number of aromatic nitrogens is 2. The Morgan fingerprint density at radius 2 is 2.45 bits per heavy atom. The van der Waals surface area contributed by atoms with Gasteiger partial charge in [0.1, 0.15) is 0 Å². The Morgan fingerprint density at radius 1 is 1.65 bits per heavy atom. The standard InChI is InChI=1S/C14H24N4O.ClH/c1-3-18-10-13(9-16-18)17-14(19)7-11(2)12-5-4-6-15-8-12;/h9-12,15H,3-8H2,1-2H3,(H,17,19);1H. The zero-order valence-electron chi connectivity index (χ0n) is 12.3. The number of nitrogens with one attached hydrogen (secondary N) is 2. The smallest absolute Gasteiger partial charge is 0.224 e. The van der Waals surface area contributed by atoms with Gasteiger partial charge in [0.05, 0.1) is 11.9 Å². The van der Waals surface area contributed by atoms with Crippen molar-refractivity contribution < 1.29 is 4.79 Å². The van der Waals surface area contributed by atoms with Crippen molar-refractivity contribution >= 4 is 24.0 Å². The summed E-state index contributed by atoms with van der Waals surface area (Å²) in [7, 11) is 0. The predicted octanol–water partition coefficient (Wildman–Crippen LogP) is 2.29. The fourth-order valence-corrected chi connectivity index (χ4v) is 2.64. The third-order valence-electron chi connectivity index (χ3n) is 3.89. The molecule has 6 heteroatoms. The number of nitrogens with zero attached hydrogens (tertiary/aromatic N) is 2. The van der Waals surface area contributed by atoms with Gasteiger partial charge >= 0.3 is 0 Å². The second-order valence-electron chi connectivity index (χ2n) is 5.42. The Balaban J connectivity index is 0.00000200. The van der Waals surface area contributed by atoms with Gasteiger partial charge in [-0.2, -0.15) is 5.10 Å².